The van der Waals surface area contributed by atoms with Crippen LogP contribution in [0.5, 0.6) is 0 Å². The van der Waals surface area contributed by atoms with Crippen LogP contribution < -0.4 is 5.32 Å². The Balaban J connectivity index is 2.46. The Morgan fingerprint density at radius 2 is 2.39 bits per heavy atom. The van der Waals surface area contributed by atoms with Crippen LogP contribution in [0.25, 0.3) is 0 Å². The number of unbranched alkanes of at least 4 members (excludes halogenated alkanes) is 1. The molecule has 1 heterocycles. The maximum atomic E-state index is 11.8. The van der Waals surface area contributed by atoms with Crippen LogP contribution in [-0.4, -0.2) is 37.7 Å². The summed E-state index contributed by atoms with van der Waals surface area (Å²) in [5.74, 6) is -0.765. The molecule has 0 radical (unpaired) electrons. The third-order valence-electron chi connectivity index (χ3n) is 2.81. The molecular formula is C12H18N2O4. The zero-order chi connectivity index (χ0) is 13.4. The molecule has 0 unspecified atom stereocenters. The van der Waals surface area contributed by atoms with Crippen LogP contribution in [0.2, 0.25) is 0 Å². The van der Waals surface area contributed by atoms with Crippen molar-refractivity contribution in [3.8, 4) is 6.07 Å². The highest BCUT2D eigenvalue weighted by atomic mass is 16.5. The van der Waals surface area contributed by atoms with Crippen LogP contribution in [0.1, 0.15) is 32.1 Å². The van der Waals surface area contributed by atoms with E-state index in [9.17, 15) is 9.59 Å². The summed E-state index contributed by atoms with van der Waals surface area (Å²) in [6.07, 6.45) is 2.37. The normalized spacial score (nSPS) is 19.9. The number of hydrogen-bond donors (Lipinski definition) is 1. The van der Waals surface area contributed by atoms with E-state index in [0.717, 1.165) is 6.42 Å². The number of nitrogens with one attached hydrogen (secondary N) is 1. The topological polar surface area (TPSA) is 88.4 Å². The maximum Gasteiger partial charge on any atom is 0.328 e. The van der Waals surface area contributed by atoms with Gasteiger partial charge in [0.25, 0.3) is 0 Å². The molecule has 100 valence electrons. The van der Waals surface area contributed by atoms with Crippen molar-refractivity contribution in [2.75, 3.05) is 13.7 Å². The molecule has 6 nitrogen and oxygen atoms in total. The lowest BCUT2D eigenvalue weighted by Gasteiger charge is -2.18. The summed E-state index contributed by atoms with van der Waals surface area (Å²) in [4.78, 5) is 23.3. The molecule has 0 aliphatic carbocycles. The molecule has 0 saturated carbocycles. The molecule has 18 heavy (non-hydrogen) atoms. The number of ether oxygens (including phenoxy) is 2. The van der Waals surface area contributed by atoms with Crippen LogP contribution in [0.15, 0.2) is 0 Å². The standard InChI is InChI=1S/C12H18N2O4/c1-17-12(16)9(5-2-3-7-13)14-11(15)10-6-4-8-18-10/h9-10H,2-6,8H2,1H3,(H,14,15)/t9-,10-/m0/s1. The number of carbonyl (C=O) groups excluding carboxylic acids is 2. The van der Waals surface area contributed by atoms with E-state index in [4.69, 9.17) is 10.00 Å². The average molecular weight is 254 g/mol. The first-order valence-corrected chi connectivity index (χ1v) is 6.05. The van der Waals surface area contributed by atoms with Crippen molar-refractivity contribution in [1.29, 1.82) is 5.26 Å². The summed E-state index contributed by atoms with van der Waals surface area (Å²) in [7, 11) is 1.28. The second kappa shape index (κ2) is 7.67. The first-order valence-electron chi connectivity index (χ1n) is 6.05. The van der Waals surface area contributed by atoms with Gasteiger partial charge >= 0.3 is 5.97 Å². The van der Waals surface area contributed by atoms with Gasteiger partial charge in [0.15, 0.2) is 0 Å². The van der Waals surface area contributed by atoms with Crippen molar-refractivity contribution in [3.63, 3.8) is 0 Å². The van der Waals surface area contributed by atoms with Gasteiger partial charge in [-0.15, -0.1) is 0 Å². The molecule has 1 rings (SSSR count). The number of methoxy groups -OCH3 is 1. The highest BCUT2D eigenvalue weighted by Gasteiger charge is 2.28. The van der Waals surface area contributed by atoms with E-state index in [1.54, 1.807) is 0 Å². The largest absolute Gasteiger partial charge is 0.467 e. The first kappa shape index (κ1) is 14.5. The Bertz CT molecular complexity index is 331. The SMILES string of the molecule is COC(=O)[C@H](CCCC#N)NC(=O)[C@@H]1CCCO1. The lowest BCUT2D eigenvalue weighted by atomic mass is 10.1. The molecular weight excluding hydrogens is 236 g/mol. The van der Waals surface area contributed by atoms with Gasteiger partial charge in [-0.05, 0) is 25.7 Å². The summed E-state index contributed by atoms with van der Waals surface area (Å²) in [6.45, 7) is 0.579. The number of nitrogens with zero attached hydrogens (tertiary/aromatic N) is 1. The van der Waals surface area contributed by atoms with Crippen LogP contribution in [-0.2, 0) is 19.1 Å². The van der Waals surface area contributed by atoms with Gasteiger partial charge in [-0.2, -0.15) is 5.26 Å². The summed E-state index contributed by atoms with van der Waals surface area (Å²) < 4.78 is 9.87. The molecule has 1 aliphatic heterocycles. The molecule has 1 N–H and O–H groups in total. The molecule has 0 bridgehead atoms. The van der Waals surface area contributed by atoms with Gasteiger partial charge in [0.1, 0.15) is 12.1 Å². The molecule has 1 amide bonds. The lowest BCUT2D eigenvalue weighted by Crippen LogP contribution is -2.45. The van der Waals surface area contributed by atoms with Crippen molar-refractivity contribution in [3.05, 3.63) is 0 Å². The van der Waals surface area contributed by atoms with Gasteiger partial charge in [-0.1, -0.05) is 0 Å². The number of rotatable bonds is 6. The molecule has 6 heteroatoms. The van der Waals surface area contributed by atoms with Crippen molar-refractivity contribution in [2.45, 2.75) is 44.2 Å². The second-order valence-corrected chi connectivity index (χ2v) is 4.14. The van der Waals surface area contributed by atoms with Crippen molar-refractivity contribution in [2.24, 2.45) is 0 Å². The number of carbonyl (C=O) groups is 2. The summed E-state index contributed by atoms with van der Waals surface area (Å²) in [5.41, 5.74) is 0. The Hall–Kier alpha value is -1.61. The lowest BCUT2D eigenvalue weighted by molar-refractivity contribution is -0.146. The molecule has 2 atom stereocenters. The Morgan fingerprint density at radius 1 is 1.61 bits per heavy atom. The molecule has 1 fully saturated rings. The van der Waals surface area contributed by atoms with Crippen LogP contribution in [0.3, 0.4) is 0 Å². The fraction of sp³-hybridized carbons (Fsp3) is 0.750. The van der Waals surface area contributed by atoms with E-state index in [2.05, 4.69) is 10.1 Å². The molecule has 1 aliphatic rings. The monoisotopic (exact) mass is 254 g/mol. The van der Waals surface area contributed by atoms with Crippen LogP contribution in [0, 0.1) is 11.3 Å². The molecule has 1 saturated heterocycles. The van der Waals surface area contributed by atoms with Gasteiger partial charge in [0, 0.05) is 13.0 Å². The fourth-order valence-corrected chi connectivity index (χ4v) is 1.83. The fourth-order valence-electron chi connectivity index (χ4n) is 1.83. The van der Waals surface area contributed by atoms with Crippen LogP contribution >= 0.6 is 0 Å². The quantitative estimate of drug-likeness (QED) is 0.551. The zero-order valence-corrected chi connectivity index (χ0v) is 10.5. The number of amides is 1. The molecule has 0 aromatic heterocycles. The summed E-state index contributed by atoms with van der Waals surface area (Å²) in [5, 5.41) is 11.1. The minimum absolute atomic E-state index is 0.278. The third kappa shape index (κ3) is 4.34. The number of hydrogen-bond acceptors (Lipinski definition) is 5. The Labute approximate surface area is 106 Å². The summed E-state index contributed by atoms with van der Waals surface area (Å²) >= 11 is 0. The zero-order valence-electron chi connectivity index (χ0n) is 10.5. The van der Waals surface area contributed by atoms with E-state index in [0.29, 0.717) is 32.3 Å². The van der Waals surface area contributed by atoms with Crippen LogP contribution in [0.4, 0.5) is 0 Å². The first-order chi connectivity index (χ1) is 8.69. The van der Waals surface area contributed by atoms with E-state index < -0.39 is 18.1 Å². The third-order valence-corrected chi connectivity index (χ3v) is 2.81. The smallest absolute Gasteiger partial charge is 0.328 e. The highest BCUT2D eigenvalue weighted by Crippen LogP contribution is 2.13. The van der Waals surface area contributed by atoms with E-state index in [1.165, 1.54) is 7.11 Å². The van der Waals surface area contributed by atoms with Gasteiger partial charge < -0.3 is 14.8 Å². The maximum absolute atomic E-state index is 11.8. The van der Waals surface area contributed by atoms with Gasteiger partial charge in [0.2, 0.25) is 5.91 Å². The summed E-state index contributed by atoms with van der Waals surface area (Å²) in [6, 6.07) is 1.30. The van der Waals surface area contributed by atoms with E-state index >= 15 is 0 Å². The van der Waals surface area contributed by atoms with Gasteiger partial charge in [-0.3, -0.25) is 4.79 Å². The molecule has 0 aromatic carbocycles. The average Bonchev–Trinajstić information content (AvgIpc) is 2.90. The van der Waals surface area contributed by atoms with Gasteiger partial charge in [0.05, 0.1) is 13.2 Å². The van der Waals surface area contributed by atoms with E-state index in [-0.39, 0.29) is 5.91 Å². The van der Waals surface area contributed by atoms with Crippen molar-refractivity contribution >= 4 is 11.9 Å². The predicted molar refractivity (Wildman–Crippen MR) is 62.4 cm³/mol. The Kier molecular flexibility index (Phi) is 6.15. The number of nitriles is 1. The highest BCUT2D eigenvalue weighted by molar-refractivity contribution is 5.87. The predicted octanol–water partition coefficient (Wildman–Crippen LogP) is 0.517. The number of esters is 1. The van der Waals surface area contributed by atoms with Gasteiger partial charge in [-0.25, -0.2) is 4.79 Å². The molecule has 0 spiro atoms. The van der Waals surface area contributed by atoms with Crippen molar-refractivity contribution < 1.29 is 19.1 Å². The van der Waals surface area contributed by atoms with E-state index in [1.807, 2.05) is 6.07 Å². The second-order valence-electron chi connectivity index (χ2n) is 4.14. The minimum Gasteiger partial charge on any atom is -0.467 e. The Morgan fingerprint density at radius 3 is 2.94 bits per heavy atom. The molecule has 0 aromatic rings. The minimum atomic E-state index is -0.694. The van der Waals surface area contributed by atoms with Crippen molar-refractivity contribution in [1.82, 2.24) is 5.32 Å².